The van der Waals surface area contributed by atoms with E-state index < -0.39 is 20.0 Å². The van der Waals surface area contributed by atoms with Crippen molar-refractivity contribution in [3.63, 3.8) is 0 Å². The summed E-state index contributed by atoms with van der Waals surface area (Å²) in [5, 5.41) is 68.4. The first-order chi connectivity index (χ1) is 22.7. The van der Waals surface area contributed by atoms with E-state index in [1.807, 2.05) is 24.3 Å². The summed E-state index contributed by atoms with van der Waals surface area (Å²) in [5.74, 6) is -0.684. The maximum Gasteiger partial charge on any atom is 1.00 e. The summed E-state index contributed by atoms with van der Waals surface area (Å²) in [4.78, 5) is -0.396. The summed E-state index contributed by atoms with van der Waals surface area (Å²) in [5.41, 5.74) is 0.282. The van der Waals surface area contributed by atoms with Gasteiger partial charge in [0.05, 0.1) is 9.79 Å². The van der Waals surface area contributed by atoms with Gasteiger partial charge in [-0.15, -0.1) is 20.5 Å². The number of phenolic OH excluding ortho intramolecular Hbond substituents is 4. The molecule has 0 aromatic heterocycles. The van der Waals surface area contributed by atoms with Gasteiger partial charge in [0.25, 0.3) is 0 Å². The molecule has 6 aromatic rings. The Kier molecular flexibility index (Phi) is 15.7. The van der Waals surface area contributed by atoms with Crippen molar-refractivity contribution in [2.75, 3.05) is 0 Å². The Hall–Kier alpha value is -3.43. The molecule has 0 unspecified atom stereocenters. The quantitative estimate of drug-likeness (QED) is 0.103. The number of aromatic hydroxyl groups is 4. The van der Waals surface area contributed by atoms with Crippen LogP contribution in [0.3, 0.4) is 0 Å². The van der Waals surface area contributed by atoms with Gasteiger partial charge < -0.3 is 20.4 Å². The Balaban J connectivity index is 0.000000334. The molecule has 1 radical (unpaired) electrons. The average Bonchev–Trinajstić information content (AvgIpc) is 3.04. The fourth-order valence-electron chi connectivity index (χ4n) is 4.43. The summed E-state index contributed by atoms with van der Waals surface area (Å²) >= 11 is 0. The van der Waals surface area contributed by atoms with E-state index >= 15 is 0 Å². The molecule has 0 amide bonds. The van der Waals surface area contributed by atoms with E-state index in [9.17, 15) is 37.3 Å². The van der Waals surface area contributed by atoms with Gasteiger partial charge in [-0.1, -0.05) is 60.7 Å². The van der Waals surface area contributed by atoms with Crippen molar-refractivity contribution < 1.29 is 113 Å². The number of rotatable bonds is 6. The number of hydrogen-bond donors (Lipinski definition) is 6. The third-order valence-electron chi connectivity index (χ3n) is 6.82. The second-order valence-electron chi connectivity index (χ2n) is 10.1. The molecule has 51 heavy (non-hydrogen) atoms. The van der Waals surface area contributed by atoms with Crippen molar-refractivity contribution in [1.82, 2.24) is 0 Å². The van der Waals surface area contributed by atoms with Crippen LogP contribution < -0.4 is 69.4 Å². The van der Waals surface area contributed by atoms with Gasteiger partial charge in [0.2, 0.25) is 20.0 Å². The van der Waals surface area contributed by atoms with E-state index in [1.54, 1.807) is 36.4 Å². The number of sulfonamides is 2. The molecule has 0 heterocycles. The van der Waals surface area contributed by atoms with E-state index in [0.717, 1.165) is 35.0 Å². The third kappa shape index (κ3) is 10.8. The third-order valence-corrected chi connectivity index (χ3v) is 8.65. The van der Waals surface area contributed by atoms with Gasteiger partial charge in [-0.25, -0.2) is 27.1 Å². The zero-order chi connectivity index (χ0) is 34.6. The number of fused-ring (bicyclic) bond motifs is 2. The fourth-order valence-corrected chi connectivity index (χ4v) is 5.49. The fraction of sp³-hybridized carbons (Fsp3) is 0. The molecule has 6 aromatic carbocycles. The smallest absolute Gasteiger partial charge is 0.506 e. The molecule has 19 heteroatoms. The molecule has 0 saturated heterocycles. The number of primary sulfonamides is 2. The van der Waals surface area contributed by atoms with Crippen molar-refractivity contribution in [1.29, 1.82) is 0 Å². The van der Waals surface area contributed by atoms with Crippen LogP contribution in [0.4, 0.5) is 22.7 Å². The Bertz CT molecular complexity index is 2320. The van der Waals surface area contributed by atoms with Crippen LogP contribution in [-0.2, 0) is 36.8 Å². The van der Waals surface area contributed by atoms with Crippen LogP contribution in [0.15, 0.2) is 139 Å². The first-order valence-corrected chi connectivity index (χ1v) is 16.8. The van der Waals surface area contributed by atoms with Gasteiger partial charge in [0, 0.05) is 27.6 Å². The number of nitrogens with two attached hydrogens (primary N) is 2. The second-order valence-corrected chi connectivity index (χ2v) is 13.2. The zero-order valence-electron chi connectivity index (χ0n) is 26.9. The molecule has 0 atom stereocenters. The molecule has 0 bridgehead atoms. The van der Waals surface area contributed by atoms with Crippen molar-refractivity contribution in [2.45, 2.75) is 9.79 Å². The molecular weight excluding hydrogens is 765 g/mol. The topological polar surface area (TPSA) is 251 Å². The van der Waals surface area contributed by atoms with Gasteiger partial charge in [0.1, 0.15) is 45.7 Å². The van der Waals surface area contributed by atoms with Gasteiger partial charge >= 0.3 is 59.1 Å². The normalized spacial score (nSPS) is 11.3. The monoisotopic (exact) mass is 791 g/mol. The van der Waals surface area contributed by atoms with E-state index in [1.165, 1.54) is 24.3 Å². The molecule has 0 spiro atoms. The molecule has 253 valence electrons. The van der Waals surface area contributed by atoms with Crippen LogP contribution >= 0.6 is 0 Å². The van der Waals surface area contributed by atoms with Gasteiger partial charge in [-0.2, -0.15) is 0 Å². The minimum Gasteiger partial charge on any atom is -0.506 e. The SMILES string of the molecule is NS(=O)(=O)c1ccc(O)c(N=Nc2c(O)ccc3ccccc23)c1.NS(=O)(=O)c1ccc(O)c(N=Nc2c(O)ccc3ccccc23)c1.[Co].[Na+].[Na+]. The standard InChI is InChI=1S/2C16H13N3O4S.Co.2Na/c2*17-24(22,23)11-6-8-14(20)13(9-11)18-19-16-12-4-2-1-3-10(12)5-7-15(16)21;;;/h2*1-9,20-21H,(H2,17,22,23);;;/q;;;2*+1. The Morgan fingerprint density at radius 1 is 0.451 bits per heavy atom. The van der Waals surface area contributed by atoms with Crippen molar-refractivity contribution in [3.8, 4) is 23.0 Å². The first kappa shape index (κ1) is 43.7. The summed E-state index contributed by atoms with van der Waals surface area (Å²) in [6.07, 6.45) is 0. The van der Waals surface area contributed by atoms with Crippen molar-refractivity contribution >= 4 is 64.3 Å². The summed E-state index contributed by atoms with van der Waals surface area (Å²) in [6, 6.07) is 27.8. The van der Waals surface area contributed by atoms with Crippen molar-refractivity contribution in [3.05, 3.63) is 109 Å². The number of hydrogen-bond acceptors (Lipinski definition) is 12. The molecule has 6 rings (SSSR count). The second kappa shape index (κ2) is 18.4. The molecule has 0 aliphatic heterocycles. The maximum atomic E-state index is 11.4. The van der Waals surface area contributed by atoms with Gasteiger partial charge in [0.15, 0.2) is 0 Å². The molecule has 0 aliphatic carbocycles. The molecule has 14 nitrogen and oxygen atoms in total. The van der Waals surface area contributed by atoms with Crippen LogP contribution in [0.1, 0.15) is 0 Å². The molecule has 0 fully saturated rings. The molecule has 8 N–H and O–H groups in total. The van der Waals surface area contributed by atoms with Crippen molar-refractivity contribution in [2.24, 2.45) is 30.7 Å². The predicted octanol–water partition coefficient (Wildman–Crippen LogP) is 0.633. The molecular formula is C32H26CoN6Na2O8S2+2. The number of nitrogens with zero attached hydrogens (tertiary/aromatic N) is 4. The minimum absolute atomic E-state index is 0. The van der Waals surface area contributed by atoms with Crippen LogP contribution in [0.2, 0.25) is 0 Å². The Morgan fingerprint density at radius 3 is 1.14 bits per heavy atom. The Morgan fingerprint density at radius 2 is 0.784 bits per heavy atom. The summed E-state index contributed by atoms with van der Waals surface area (Å²) in [6.45, 7) is 0. The van der Waals surface area contributed by atoms with Crippen LogP contribution in [0.5, 0.6) is 23.0 Å². The minimum atomic E-state index is -3.93. The number of phenols is 4. The van der Waals surface area contributed by atoms with Gasteiger partial charge in [-0.05, 0) is 59.3 Å². The van der Waals surface area contributed by atoms with Crippen LogP contribution in [0.25, 0.3) is 21.5 Å². The molecule has 0 saturated carbocycles. The van der Waals surface area contributed by atoms with E-state index in [0.29, 0.717) is 10.8 Å². The van der Waals surface area contributed by atoms with E-state index in [4.69, 9.17) is 10.3 Å². The predicted molar refractivity (Wildman–Crippen MR) is 179 cm³/mol. The first-order valence-electron chi connectivity index (χ1n) is 13.7. The van der Waals surface area contributed by atoms with E-state index in [2.05, 4.69) is 20.5 Å². The van der Waals surface area contributed by atoms with Crippen LogP contribution in [-0.4, -0.2) is 37.3 Å². The molecule has 0 aliphatic rings. The largest absolute Gasteiger partial charge is 1.00 e. The number of benzene rings is 6. The Labute approximate surface area is 346 Å². The maximum absolute atomic E-state index is 11.4. The average molecular weight is 792 g/mol. The summed E-state index contributed by atoms with van der Waals surface area (Å²) in [7, 11) is -7.86. The number of azo groups is 2. The summed E-state index contributed by atoms with van der Waals surface area (Å²) < 4.78 is 45.5. The zero-order valence-corrected chi connectivity index (χ0v) is 33.6. The van der Waals surface area contributed by atoms with Gasteiger partial charge in [-0.3, -0.25) is 0 Å². The van der Waals surface area contributed by atoms with Crippen LogP contribution in [0, 0.1) is 0 Å². The van der Waals surface area contributed by atoms with E-state index in [-0.39, 0.29) is 131 Å².